The van der Waals surface area contributed by atoms with Gasteiger partial charge in [0.2, 0.25) is 5.91 Å². The third kappa shape index (κ3) is 4.32. The Kier molecular flexibility index (Phi) is 5.14. The Morgan fingerprint density at radius 1 is 1.04 bits per heavy atom. The average Bonchev–Trinajstić information content (AvgIpc) is 3.42. The molecule has 6 heteroatoms. The number of nitrogens with one attached hydrogen (secondary N) is 2. The molecule has 2 aliphatic carbocycles. The summed E-state index contributed by atoms with van der Waals surface area (Å²) in [6.07, 6.45) is 5.46. The quantitative estimate of drug-likeness (QED) is 0.766. The van der Waals surface area contributed by atoms with Crippen molar-refractivity contribution >= 4 is 11.8 Å². The van der Waals surface area contributed by atoms with Crippen molar-refractivity contribution in [3.05, 3.63) is 54.0 Å². The summed E-state index contributed by atoms with van der Waals surface area (Å²) in [4.78, 5) is 24.2. The fourth-order valence-electron chi connectivity index (χ4n) is 4.35. The van der Waals surface area contributed by atoms with Crippen molar-refractivity contribution in [1.82, 2.24) is 10.9 Å². The standard InChI is InChI=1S/C21H24N2O4/c24-20(12-16-11-14-6-7-15(16)10-14)22-23-21(25)19-9-8-18(27-19)13-26-17-4-2-1-3-5-17/h1-5,8-9,14-16H,6-7,10-13H2,(H,22,24)(H,23,25)/t14-,15-,16-/m1/s1. The van der Waals surface area contributed by atoms with Gasteiger partial charge in [-0.2, -0.15) is 0 Å². The SMILES string of the molecule is O=C(C[C@H]1C[C@@H]2CC[C@@H]1C2)NNC(=O)c1ccc(COc2ccccc2)o1. The van der Waals surface area contributed by atoms with Gasteiger partial charge in [0.15, 0.2) is 5.76 Å². The second-order valence-electron chi connectivity index (χ2n) is 7.51. The number of benzene rings is 1. The third-order valence-electron chi connectivity index (χ3n) is 5.66. The molecule has 1 aromatic carbocycles. The molecule has 0 saturated heterocycles. The summed E-state index contributed by atoms with van der Waals surface area (Å²) in [5.74, 6) is 2.76. The van der Waals surface area contributed by atoms with Crippen molar-refractivity contribution in [2.45, 2.75) is 38.7 Å². The molecule has 2 bridgehead atoms. The molecular formula is C21H24N2O4. The average molecular weight is 368 g/mol. The van der Waals surface area contributed by atoms with Gasteiger partial charge in [-0.05, 0) is 61.3 Å². The predicted molar refractivity (Wildman–Crippen MR) is 98.6 cm³/mol. The summed E-state index contributed by atoms with van der Waals surface area (Å²) in [5, 5.41) is 0. The summed E-state index contributed by atoms with van der Waals surface area (Å²) in [6, 6.07) is 12.6. The van der Waals surface area contributed by atoms with Crippen LogP contribution in [-0.4, -0.2) is 11.8 Å². The number of hydrazine groups is 1. The Bertz CT molecular complexity index is 802. The van der Waals surface area contributed by atoms with Crippen LogP contribution in [0.2, 0.25) is 0 Å². The molecule has 1 aromatic heterocycles. The molecule has 27 heavy (non-hydrogen) atoms. The molecule has 3 atom stereocenters. The molecule has 4 rings (SSSR count). The number of fused-ring (bicyclic) bond motifs is 2. The predicted octanol–water partition coefficient (Wildman–Crippen LogP) is 3.45. The van der Waals surface area contributed by atoms with Crippen LogP contribution in [0.25, 0.3) is 0 Å². The zero-order valence-corrected chi connectivity index (χ0v) is 15.1. The van der Waals surface area contributed by atoms with E-state index < -0.39 is 5.91 Å². The Balaban J connectivity index is 1.21. The van der Waals surface area contributed by atoms with Crippen LogP contribution in [0, 0.1) is 17.8 Å². The maximum atomic E-state index is 12.1. The van der Waals surface area contributed by atoms with Gasteiger partial charge in [0, 0.05) is 6.42 Å². The van der Waals surface area contributed by atoms with Crippen molar-refractivity contribution in [2.75, 3.05) is 0 Å². The fraction of sp³-hybridized carbons (Fsp3) is 0.429. The van der Waals surface area contributed by atoms with E-state index in [2.05, 4.69) is 10.9 Å². The first kappa shape index (κ1) is 17.6. The van der Waals surface area contributed by atoms with E-state index in [-0.39, 0.29) is 18.3 Å². The highest BCUT2D eigenvalue weighted by molar-refractivity contribution is 5.92. The summed E-state index contributed by atoms with van der Waals surface area (Å²) < 4.78 is 11.1. The Labute approximate surface area is 158 Å². The Morgan fingerprint density at radius 3 is 2.63 bits per heavy atom. The molecule has 0 aliphatic heterocycles. The summed E-state index contributed by atoms with van der Waals surface area (Å²) >= 11 is 0. The minimum Gasteiger partial charge on any atom is -0.486 e. The van der Waals surface area contributed by atoms with Crippen LogP contribution in [0.15, 0.2) is 46.9 Å². The highest BCUT2D eigenvalue weighted by atomic mass is 16.5. The lowest BCUT2D eigenvalue weighted by molar-refractivity contribution is -0.123. The largest absolute Gasteiger partial charge is 0.486 e. The van der Waals surface area contributed by atoms with E-state index >= 15 is 0 Å². The molecule has 2 aromatic rings. The summed E-state index contributed by atoms with van der Waals surface area (Å²) in [5.41, 5.74) is 4.94. The van der Waals surface area contributed by atoms with Crippen LogP contribution in [0.4, 0.5) is 0 Å². The van der Waals surface area contributed by atoms with Crippen LogP contribution in [0.1, 0.15) is 48.4 Å². The Morgan fingerprint density at radius 2 is 1.89 bits per heavy atom. The molecule has 1 heterocycles. The molecular weight excluding hydrogens is 344 g/mol. The van der Waals surface area contributed by atoms with Crippen molar-refractivity contribution < 1.29 is 18.7 Å². The van der Waals surface area contributed by atoms with E-state index in [4.69, 9.17) is 9.15 Å². The highest BCUT2D eigenvalue weighted by Crippen LogP contribution is 2.49. The van der Waals surface area contributed by atoms with Gasteiger partial charge in [0.05, 0.1) is 0 Å². The molecule has 2 N–H and O–H groups in total. The zero-order valence-electron chi connectivity index (χ0n) is 15.1. The first-order valence-electron chi connectivity index (χ1n) is 9.53. The number of rotatable bonds is 6. The van der Waals surface area contributed by atoms with E-state index in [1.54, 1.807) is 12.1 Å². The normalized spacial score (nSPS) is 23.2. The van der Waals surface area contributed by atoms with Crippen molar-refractivity contribution in [3.63, 3.8) is 0 Å². The van der Waals surface area contributed by atoms with Gasteiger partial charge in [-0.15, -0.1) is 0 Å². The molecule has 2 saturated carbocycles. The van der Waals surface area contributed by atoms with Crippen LogP contribution >= 0.6 is 0 Å². The second-order valence-corrected chi connectivity index (χ2v) is 7.51. The monoisotopic (exact) mass is 368 g/mol. The molecule has 142 valence electrons. The molecule has 0 unspecified atom stereocenters. The van der Waals surface area contributed by atoms with Gasteiger partial charge in [-0.3, -0.25) is 20.4 Å². The van der Waals surface area contributed by atoms with Crippen molar-refractivity contribution in [2.24, 2.45) is 17.8 Å². The molecule has 2 amide bonds. The topological polar surface area (TPSA) is 80.6 Å². The zero-order chi connectivity index (χ0) is 18.6. The minimum atomic E-state index is -0.470. The van der Waals surface area contributed by atoms with Crippen LogP contribution in [-0.2, 0) is 11.4 Å². The molecule has 2 aliphatic rings. The van der Waals surface area contributed by atoms with Gasteiger partial charge < -0.3 is 9.15 Å². The van der Waals surface area contributed by atoms with Gasteiger partial charge >= 0.3 is 5.91 Å². The summed E-state index contributed by atoms with van der Waals surface area (Å²) in [7, 11) is 0. The van der Waals surface area contributed by atoms with Crippen molar-refractivity contribution in [1.29, 1.82) is 0 Å². The maximum absolute atomic E-state index is 12.1. The van der Waals surface area contributed by atoms with E-state index in [9.17, 15) is 9.59 Å². The number of hydrogen-bond donors (Lipinski definition) is 2. The number of para-hydroxylation sites is 1. The van der Waals surface area contributed by atoms with Gasteiger partial charge in [0.1, 0.15) is 18.1 Å². The Hall–Kier alpha value is -2.76. The molecule has 0 radical (unpaired) electrons. The van der Waals surface area contributed by atoms with E-state index in [0.717, 1.165) is 18.1 Å². The van der Waals surface area contributed by atoms with Gasteiger partial charge in [0.25, 0.3) is 0 Å². The van der Waals surface area contributed by atoms with E-state index in [1.165, 1.54) is 19.3 Å². The van der Waals surface area contributed by atoms with Gasteiger partial charge in [-0.1, -0.05) is 24.6 Å². The lowest BCUT2D eigenvalue weighted by Gasteiger charge is -2.20. The van der Waals surface area contributed by atoms with E-state index in [0.29, 0.717) is 24.0 Å². The third-order valence-corrected chi connectivity index (χ3v) is 5.66. The van der Waals surface area contributed by atoms with Gasteiger partial charge in [-0.25, -0.2) is 0 Å². The second kappa shape index (κ2) is 7.86. The minimum absolute atomic E-state index is 0.139. The number of hydrogen-bond acceptors (Lipinski definition) is 4. The number of carbonyl (C=O) groups excluding carboxylic acids is 2. The van der Waals surface area contributed by atoms with E-state index in [1.807, 2.05) is 30.3 Å². The first-order valence-corrected chi connectivity index (χ1v) is 9.53. The summed E-state index contributed by atoms with van der Waals surface area (Å²) in [6.45, 7) is 0.230. The van der Waals surface area contributed by atoms with Crippen LogP contribution in [0.5, 0.6) is 5.75 Å². The number of carbonyl (C=O) groups is 2. The fourth-order valence-corrected chi connectivity index (χ4v) is 4.35. The molecule has 6 nitrogen and oxygen atoms in total. The van der Waals surface area contributed by atoms with Crippen LogP contribution in [0.3, 0.4) is 0 Å². The first-order chi connectivity index (χ1) is 13.2. The number of ether oxygens (including phenoxy) is 1. The lowest BCUT2D eigenvalue weighted by Crippen LogP contribution is -2.42. The van der Waals surface area contributed by atoms with Crippen molar-refractivity contribution in [3.8, 4) is 5.75 Å². The number of amides is 2. The molecule has 2 fully saturated rings. The smallest absolute Gasteiger partial charge is 0.305 e. The number of furan rings is 1. The molecule has 0 spiro atoms. The lowest BCUT2D eigenvalue weighted by atomic mass is 9.86. The highest BCUT2D eigenvalue weighted by Gasteiger charge is 2.40. The maximum Gasteiger partial charge on any atom is 0.305 e. The van der Waals surface area contributed by atoms with Crippen LogP contribution < -0.4 is 15.6 Å².